The summed E-state index contributed by atoms with van der Waals surface area (Å²) in [6.07, 6.45) is 0. The van der Waals surface area contributed by atoms with Crippen molar-refractivity contribution in [2.24, 2.45) is 20.5 Å². The molecular formula is C25H19ClN10OS5. The molecule has 0 unspecified atom stereocenters. The zero-order chi connectivity index (χ0) is 30.1. The fourth-order valence-corrected chi connectivity index (χ4v) is 5.09. The van der Waals surface area contributed by atoms with E-state index in [1.807, 2.05) is 0 Å². The number of aromatic nitrogens is 3. The van der Waals surface area contributed by atoms with Crippen LogP contribution in [-0.2, 0) is 0 Å². The number of anilines is 4. The molecule has 0 aliphatic rings. The molecule has 0 saturated heterocycles. The van der Waals surface area contributed by atoms with E-state index in [0.717, 1.165) is 0 Å². The molecule has 0 radical (unpaired) electrons. The van der Waals surface area contributed by atoms with Crippen molar-refractivity contribution in [1.29, 1.82) is 0 Å². The van der Waals surface area contributed by atoms with Gasteiger partial charge in [0.1, 0.15) is 22.7 Å². The summed E-state index contributed by atoms with van der Waals surface area (Å²) < 4.78 is 0. The van der Waals surface area contributed by atoms with E-state index in [2.05, 4.69) is 104 Å². The fraction of sp³-hybridized carbons (Fsp3) is 0. The van der Waals surface area contributed by atoms with Gasteiger partial charge < -0.3 is 21.9 Å². The van der Waals surface area contributed by atoms with Gasteiger partial charge in [-0.15, -0.1) is 83.6 Å². The second-order valence-electron chi connectivity index (χ2n) is 8.54. The highest BCUT2D eigenvalue weighted by atomic mass is 35.5. The molecule has 5 aromatic rings. The lowest BCUT2D eigenvalue weighted by Gasteiger charge is -2.12. The number of benzene rings is 4. The number of rotatable bonds is 6. The maximum Gasteiger partial charge on any atom is 0.233 e. The highest BCUT2D eigenvalue weighted by Gasteiger charge is 2.18. The van der Waals surface area contributed by atoms with E-state index in [1.54, 1.807) is 48.5 Å². The number of nitrogen functional groups attached to an aromatic ring is 2. The third-order valence-electron chi connectivity index (χ3n) is 5.68. The van der Waals surface area contributed by atoms with Gasteiger partial charge in [0.05, 0.1) is 11.1 Å². The number of fused-ring (bicyclic) bond motifs is 1. The van der Waals surface area contributed by atoms with Crippen molar-refractivity contribution < 1.29 is 5.11 Å². The number of hydrogen-bond acceptors (Lipinski definition) is 16. The van der Waals surface area contributed by atoms with Gasteiger partial charge in [-0.25, -0.2) is 0 Å². The van der Waals surface area contributed by atoms with Gasteiger partial charge in [-0.3, -0.25) is 0 Å². The summed E-state index contributed by atoms with van der Waals surface area (Å²) in [7, 11) is 0. The number of azo groups is 2. The average molecular weight is 671 g/mol. The molecule has 5 rings (SSSR count). The summed E-state index contributed by atoms with van der Waals surface area (Å²) in [5.74, 6) is -0.146. The first kappa shape index (κ1) is 30.1. The molecule has 1 heterocycles. The molecule has 0 saturated carbocycles. The summed E-state index contributed by atoms with van der Waals surface area (Å²) in [5.41, 5.74) is 14.0. The van der Waals surface area contributed by atoms with Gasteiger partial charge in [0, 0.05) is 30.2 Å². The molecule has 212 valence electrons. The summed E-state index contributed by atoms with van der Waals surface area (Å²) in [5, 5.41) is 32.1. The molecule has 0 spiro atoms. The Hall–Kier alpha value is -3.41. The molecule has 6 N–H and O–H groups in total. The molecular weight excluding hydrogens is 652 g/mol. The number of nitrogens with one attached hydrogen (secondary N) is 1. The van der Waals surface area contributed by atoms with Crippen molar-refractivity contribution >= 4 is 132 Å². The molecule has 0 bridgehead atoms. The van der Waals surface area contributed by atoms with Crippen molar-refractivity contribution in [2.75, 3.05) is 16.8 Å². The molecule has 0 fully saturated rings. The highest BCUT2D eigenvalue weighted by molar-refractivity contribution is 7.81. The Balaban J connectivity index is 1.52. The zero-order valence-electron chi connectivity index (χ0n) is 21.0. The summed E-state index contributed by atoms with van der Waals surface area (Å²) in [6, 6.07) is 13.7. The van der Waals surface area contributed by atoms with Gasteiger partial charge in [0.15, 0.2) is 5.75 Å². The van der Waals surface area contributed by atoms with E-state index in [4.69, 9.17) is 23.1 Å². The second-order valence-corrected chi connectivity index (χ2v) is 11.3. The molecule has 42 heavy (non-hydrogen) atoms. The van der Waals surface area contributed by atoms with Crippen LogP contribution in [-0.4, -0.2) is 20.1 Å². The van der Waals surface area contributed by atoms with Crippen LogP contribution in [0.5, 0.6) is 5.75 Å². The molecule has 0 aliphatic heterocycles. The Bertz CT molecular complexity index is 1920. The third kappa shape index (κ3) is 6.48. The van der Waals surface area contributed by atoms with Crippen LogP contribution in [0.25, 0.3) is 10.8 Å². The van der Waals surface area contributed by atoms with Gasteiger partial charge in [0.25, 0.3) is 0 Å². The van der Waals surface area contributed by atoms with Crippen molar-refractivity contribution in [3.05, 3.63) is 53.8 Å². The van der Waals surface area contributed by atoms with Crippen LogP contribution in [0.1, 0.15) is 0 Å². The second kappa shape index (κ2) is 12.4. The predicted molar refractivity (Wildman–Crippen MR) is 180 cm³/mol. The number of thiol groups is 5. The SMILES string of the molecule is Nc1nc(Cl)nc(Nc2ccc(S)c(/N=N/c3c(S)cc4cc(S)c(/N=N/c5cc(S)ccc5S)c(N)c4c3O)c2)n1. The number of halogens is 1. The zero-order valence-corrected chi connectivity index (χ0v) is 26.2. The molecule has 0 amide bonds. The lowest BCUT2D eigenvalue weighted by atomic mass is 10.1. The predicted octanol–water partition coefficient (Wildman–Crippen LogP) is 8.57. The number of nitrogens with two attached hydrogens (primary N) is 2. The van der Waals surface area contributed by atoms with Gasteiger partial charge in [-0.05, 0) is 65.5 Å². The first-order valence-electron chi connectivity index (χ1n) is 11.6. The van der Waals surface area contributed by atoms with Crippen LogP contribution in [0.15, 0.2) is 93.5 Å². The minimum Gasteiger partial charge on any atom is -0.505 e. The summed E-state index contributed by atoms with van der Waals surface area (Å²) in [4.78, 5) is 14.3. The molecule has 0 aliphatic carbocycles. The summed E-state index contributed by atoms with van der Waals surface area (Å²) in [6.45, 7) is 0. The van der Waals surface area contributed by atoms with Gasteiger partial charge in [0.2, 0.25) is 17.2 Å². The number of aromatic hydroxyl groups is 1. The topological polar surface area (TPSA) is 172 Å². The van der Waals surface area contributed by atoms with Crippen LogP contribution < -0.4 is 16.8 Å². The average Bonchev–Trinajstić information content (AvgIpc) is 2.91. The fourth-order valence-electron chi connectivity index (χ4n) is 3.77. The van der Waals surface area contributed by atoms with Crippen LogP contribution in [0.4, 0.5) is 46.0 Å². The Labute approximate surface area is 271 Å². The van der Waals surface area contributed by atoms with E-state index in [9.17, 15) is 5.11 Å². The van der Waals surface area contributed by atoms with Crippen molar-refractivity contribution in [2.45, 2.75) is 24.5 Å². The number of hydrogen-bond donors (Lipinski definition) is 9. The van der Waals surface area contributed by atoms with Crippen molar-refractivity contribution in [1.82, 2.24) is 15.0 Å². The van der Waals surface area contributed by atoms with Gasteiger partial charge >= 0.3 is 0 Å². The van der Waals surface area contributed by atoms with Crippen LogP contribution in [0.2, 0.25) is 5.28 Å². The summed E-state index contributed by atoms with van der Waals surface area (Å²) >= 11 is 28.1. The maximum atomic E-state index is 11.3. The van der Waals surface area contributed by atoms with E-state index in [1.165, 1.54) is 0 Å². The lowest BCUT2D eigenvalue weighted by molar-refractivity contribution is 0.481. The van der Waals surface area contributed by atoms with E-state index < -0.39 is 0 Å². The van der Waals surface area contributed by atoms with E-state index in [0.29, 0.717) is 46.9 Å². The Kier molecular flexibility index (Phi) is 8.91. The van der Waals surface area contributed by atoms with Crippen LogP contribution in [0.3, 0.4) is 0 Å². The third-order valence-corrected chi connectivity index (χ3v) is 7.56. The van der Waals surface area contributed by atoms with E-state index >= 15 is 0 Å². The Morgan fingerprint density at radius 2 is 1.33 bits per heavy atom. The first-order chi connectivity index (χ1) is 20.0. The molecule has 4 aromatic carbocycles. The maximum absolute atomic E-state index is 11.3. The standard InChI is InChI=1S/C25H19ClN10OS5/c26-23-30-24(28)32-25(31-23)29-10-1-3-14(39)12(7-10)33-36-21-17(42)6-9-5-16(41)20(19(27)18(9)22(21)37)35-34-13-8-11(38)2-4-15(13)40/h1-8,37-42H,27H2,(H3,28,29,30,31,32)/b35-34+,36-33+. The number of nitrogens with zero attached hydrogens (tertiary/aromatic N) is 7. The Morgan fingerprint density at radius 1 is 0.714 bits per heavy atom. The van der Waals surface area contributed by atoms with Crippen LogP contribution in [0, 0.1) is 0 Å². The minimum atomic E-state index is -0.249. The highest BCUT2D eigenvalue weighted by Crippen LogP contribution is 2.48. The minimum absolute atomic E-state index is 0.0384. The monoisotopic (exact) mass is 670 g/mol. The number of phenols is 1. The lowest BCUT2D eigenvalue weighted by Crippen LogP contribution is -2.03. The first-order valence-corrected chi connectivity index (χ1v) is 14.2. The quantitative estimate of drug-likeness (QED) is 0.0494. The van der Waals surface area contributed by atoms with Crippen molar-refractivity contribution in [3.8, 4) is 5.75 Å². The Morgan fingerprint density at radius 3 is 2.02 bits per heavy atom. The molecule has 0 atom stereocenters. The van der Waals surface area contributed by atoms with Crippen LogP contribution >= 0.6 is 74.7 Å². The van der Waals surface area contributed by atoms with Gasteiger partial charge in [-0.1, -0.05) is 0 Å². The molecule has 17 heteroatoms. The van der Waals surface area contributed by atoms with Gasteiger partial charge in [-0.2, -0.15) is 15.0 Å². The molecule has 1 aromatic heterocycles. The van der Waals surface area contributed by atoms with E-state index in [-0.39, 0.29) is 45.4 Å². The molecule has 11 nitrogen and oxygen atoms in total. The normalized spacial score (nSPS) is 11.7. The smallest absolute Gasteiger partial charge is 0.233 e. The van der Waals surface area contributed by atoms with Crippen molar-refractivity contribution in [3.63, 3.8) is 0 Å². The largest absolute Gasteiger partial charge is 0.505 e. The number of phenolic OH excluding ortho intramolecular Hbond substituents is 1.